The van der Waals surface area contributed by atoms with Crippen LogP contribution in [0.4, 0.5) is 4.79 Å². The molecule has 0 bridgehead atoms. The fourth-order valence-corrected chi connectivity index (χ4v) is 2.61. The van der Waals surface area contributed by atoms with Crippen molar-refractivity contribution in [3.63, 3.8) is 0 Å². The molecular weight excluding hydrogens is 304 g/mol. The highest BCUT2D eigenvalue weighted by Gasteiger charge is 2.10. The largest absolute Gasteiger partial charge is 0.511 e. The molecule has 4 nitrogen and oxygen atoms in total. The van der Waals surface area contributed by atoms with Crippen LogP contribution in [0.5, 0.6) is 11.5 Å². The molecule has 0 heterocycles. The molecule has 0 spiro atoms. The van der Waals surface area contributed by atoms with E-state index in [9.17, 15) is 9.90 Å². The van der Waals surface area contributed by atoms with Crippen molar-refractivity contribution in [2.24, 2.45) is 0 Å². The lowest BCUT2D eigenvalue weighted by atomic mass is 10.0. The Morgan fingerprint density at radius 1 is 1.00 bits per heavy atom. The molecular formula is C17H25ClO4. The zero-order valence-electron chi connectivity index (χ0n) is 12.9. The van der Waals surface area contributed by atoms with Crippen molar-refractivity contribution in [2.75, 3.05) is 5.88 Å². The van der Waals surface area contributed by atoms with Gasteiger partial charge in [0.2, 0.25) is 0 Å². The van der Waals surface area contributed by atoms with Crippen LogP contribution in [-0.2, 0) is 6.42 Å². The van der Waals surface area contributed by atoms with Gasteiger partial charge in [0.05, 0.1) is 0 Å². The summed E-state index contributed by atoms with van der Waals surface area (Å²) in [6.07, 6.45) is 8.65. The fraction of sp³-hybridized carbons (Fsp3) is 0.588. The average Bonchev–Trinajstić information content (AvgIpc) is 2.48. The van der Waals surface area contributed by atoms with E-state index in [1.807, 2.05) is 0 Å². The lowest BCUT2D eigenvalue weighted by Gasteiger charge is -2.08. The number of phenolic OH excluding ortho intramolecular Hbond substituents is 1. The highest BCUT2D eigenvalue weighted by molar-refractivity contribution is 6.17. The minimum Gasteiger partial charge on any atom is -0.504 e. The molecule has 0 aliphatic heterocycles. The third-order valence-corrected chi connectivity index (χ3v) is 3.88. The van der Waals surface area contributed by atoms with Crippen LogP contribution in [0.2, 0.25) is 0 Å². The van der Waals surface area contributed by atoms with Crippen molar-refractivity contribution >= 4 is 17.8 Å². The SMILES string of the molecule is O=C(O)Oc1cccc(CCCCCCCCCCCl)c1O. The summed E-state index contributed by atoms with van der Waals surface area (Å²) in [6, 6.07) is 4.95. The molecule has 0 unspecified atom stereocenters. The lowest BCUT2D eigenvalue weighted by Crippen LogP contribution is -2.03. The number of ether oxygens (including phenoxy) is 1. The Kier molecular flexibility index (Phi) is 9.47. The number of carbonyl (C=O) groups is 1. The van der Waals surface area contributed by atoms with Crippen molar-refractivity contribution in [3.8, 4) is 11.5 Å². The van der Waals surface area contributed by atoms with Gasteiger partial charge < -0.3 is 14.9 Å². The Morgan fingerprint density at radius 3 is 2.18 bits per heavy atom. The summed E-state index contributed by atoms with van der Waals surface area (Å²) >= 11 is 5.63. The summed E-state index contributed by atoms with van der Waals surface area (Å²) in [5.74, 6) is 0.698. The number of aryl methyl sites for hydroxylation is 1. The number of phenols is 1. The van der Waals surface area contributed by atoms with E-state index in [0.29, 0.717) is 0 Å². The molecule has 0 amide bonds. The first kappa shape index (κ1) is 18.6. The van der Waals surface area contributed by atoms with Gasteiger partial charge in [0.15, 0.2) is 11.5 Å². The van der Waals surface area contributed by atoms with Crippen LogP contribution < -0.4 is 4.74 Å². The van der Waals surface area contributed by atoms with E-state index in [2.05, 4.69) is 4.74 Å². The number of hydrogen-bond donors (Lipinski definition) is 2. The quantitative estimate of drug-likeness (QED) is 0.248. The second kappa shape index (κ2) is 11.2. The number of aromatic hydroxyl groups is 1. The van der Waals surface area contributed by atoms with Crippen molar-refractivity contribution in [2.45, 2.75) is 57.8 Å². The zero-order valence-corrected chi connectivity index (χ0v) is 13.6. The topological polar surface area (TPSA) is 66.8 Å². The molecule has 22 heavy (non-hydrogen) atoms. The van der Waals surface area contributed by atoms with Crippen LogP contribution in [0.25, 0.3) is 0 Å². The Morgan fingerprint density at radius 2 is 1.59 bits per heavy atom. The number of rotatable bonds is 11. The van der Waals surface area contributed by atoms with Gasteiger partial charge >= 0.3 is 6.16 Å². The molecule has 1 aromatic carbocycles. The summed E-state index contributed by atoms with van der Waals surface area (Å²) in [7, 11) is 0. The number of halogens is 1. The summed E-state index contributed by atoms with van der Waals surface area (Å²) < 4.78 is 4.53. The van der Waals surface area contributed by atoms with E-state index in [4.69, 9.17) is 16.7 Å². The van der Waals surface area contributed by atoms with Crippen LogP contribution in [0.3, 0.4) is 0 Å². The van der Waals surface area contributed by atoms with E-state index in [1.54, 1.807) is 12.1 Å². The molecule has 0 aromatic heterocycles. The Bertz CT molecular complexity index is 448. The number of carboxylic acid groups (broad SMARTS) is 1. The molecule has 124 valence electrons. The maximum absolute atomic E-state index is 10.5. The van der Waals surface area contributed by atoms with Crippen LogP contribution >= 0.6 is 11.6 Å². The summed E-state index contributed by atoms with van der Waals surface area (Å²) in [5, 5.41) is 18.6. The molecule has 1 rings (SSSR count). The molecule has 0 fully saturated rings. The summed E-state index contributed by atoms with van der Waals surface area (Å²) in [5.41, 5.74) is 0.737. The van der Waals surface area contributed by atoms with Gasteiger partial charge in [-0.15, -0.1) is 11.6 Å². The maximum atomic E-state index is 10.5. The van der Waals surface area contributed by atoms with Gasteiger partial charge in [0.25, 0.3) is 0 Å². The minimum atomic E-state index is -1.42. The Labute approximate surface area is 137 Å². The first-order chi connectivity index (χ1) is 10.6. The predicted octanol–water partition coefficient (Wildman–Crippen LogP) is 5.35. The van der Waals surface area contributed by atoms with Gasteiger partial charge in [-0.1, -0.05) is 50.7 Å². The number of alkyl halides is 1. The first-order valence-corrected chi connectivity index (χ1v) is 8.46. The second-order valence-electron chi connectivity index (χ2n) is 5.40. The van der Waals surface area contributed by atoms with Crippen molar-refractivity contribution in [1.29, 1.82) is 0 Å². The van der Waals surface area contributed by atoms with Gasteiger partial charge in [0, 0.05) is 5.88 Å². The zero-order chi connectivity index (χ0) is 16.2. The number of benzene rings is 1. The van der Waals surface area contributed by atoms with Crippen molar-refractivity contribution in [1.82, 2.24) is 0 Å². The smallest absolute Gasteiger partial charge is 0.504 e. The van der Waals surface area contributed by atoms with Crippen molar-refractivity contribution < 1.29 is 19.7 Å². The van der Waals surface area contributed by atoms with Crippen molar-refractivity contribution in [3.05, 3.63) is 23.8 Å². The summed E-state index contributed by atoms with van der Waals surface area (Å²) in [6.45, 7) is 0. The highest BCUT2D eigenvalue weighted by Crippen LogP contribution is 2.31. The molecule has 5 heteroatoms. The molecule has 1 aromatic rings. The molecule has 0 saturated heterocycles. The third-order valence-electron chi connectivity index (χ3n) is 3.61. The van der Waals surface area contributed by atoms with E-state index in [1.165, 1.54) is 38.2 Å². The molecule has 0 saturated carbocycles. The van der Waals surface area contributed by atoms with E-state index >= 15 is 0 Å². The van der Waals surface area contributed by atoms with E-state index in [0.717, 1.165) is 37.1 Å². The number of unbranched alkanes of at least 4 members (excludes halogenated alkanes) is 7. The van der Waals surface area contributed by atoms with Gasteiger partial charge in [-0.3, -0.25) is 0 Å². The minimum absolute atomic E-state index is 0.00397. The fourth-order valence-electron chi connectivity index (χ4n) is 2.42. The standard InChI is InChI=1S/C17H25ClO4/c18-13-8-6-4-2-1-3-5-7-10-14-11-9-12-15(16(14)19)22-17(20)21/h9,11-12,19H,1-8,10,13H2,(H,20,21). The molecule has 0 atom stereocenters. The van der Waals surface area contributed by atoms with E-state index in [-0.39, 0.29) is 11.5 Å². The third kappa shape index (κ3) is 7.55. The van der Waals surface area contributed by atoms with Crippen LogP contribution in [0.1, 0.15) is 56.9 Å². The van der Waals surface area contributed by atoms with Gasteiger partial charge in [-0.2, -0.15) is 0 Å². The number of hydrogen-bond acceptors (Lipinski definition) is 3. The second-order valence-corrected chi connectivity index (χ2v) is 5.78. The molecule has 2 N–H and O–H groups in total. The van der Waals surface area contributed by atoms with Crippen LogP contribution in [0.15, 0.2) is 18.2 Å². The Balaban J connectivity index is 2.21. The maximum Gasteiger partial charge on any atom is 0.511 e. The van der Waals surface area contributed by atoms with E-state index < -0.39 is 6.16 Å². The number of para-hydroxylation sites is 1. The summed E-state index contributed by atoms with van der Waals surface area (Å²) in [4.78, 5) is 10.5. The first-order valence-electron chi connectivity index (χ1n) is 7.92. The van der Waals surface area contributed by atoms with Gasteiger partial charge in [-0.25, -0.2) is 4.79 Å². The van der Waals surface area contributed by atoms with Gasteiger partial charge in [0.1, 0.15) is 0 Å². The van der Waals surface area contributed by atoms with Gasteiger partial charge in [-0.05, 0) is 30.9 Å². The monoisotopic (exact) mass is 328 g/mol. The van der Waals surface area contributed by atoms with Crippen LogP contribution in [0, 0.1) is 0 Å². The normalized spacial score (nSPS) is 10.6. The average molecular weight is 329 g/mol. The molecule has 0 radical (unpaired) electrons. The predicted molar refractivity (Wildman–Crippen MR) is 88.1 cm³/mol. The molecule has 0 aliphatic rings. The lowest BCUT2D eigenvalue weighted by molar-refractivity contribution is 0.143. The highest BCUT2D eigenvalue weighted by atomic mass is 35.5. The van der Waals surface area contributed by atoms with Crippen LogP contribution in [-0.4, -0.2) is 22.2 Å². The molecule has 0 aliphatic carbocycles. The Hall–Kier alpha value is -1.42.